The lowest BCUT2D eigenvalue weighted by molar-refractivity contribution is -0.143. The lowest BCUT2D eigenvalue weighted by Gasteiger charge is -2.19. The van der Waals surface area contributed by atoms with Crippen molar-refractivity contribution in [3.8, 4) is 11.1 Å². The Morgan fingerprint density at radius 2 is 1.69 bits per heavy atom. The number of carbonyl (C=O) groups is 1. The topological polar surface area (TPSA) is 33.2 Å². The number of rotatable bonds is 4. The van der Waals surface area contributed by atoms with Gasteiger partial charge in [-0.3, -0.25) is 9.78 Å². The van der Waals surface area contributed by atoms with Crippen LogP contribution in [0, 0.1) is 0 Å². The van der Waals surface area contributed by atoms with Crippen LogP contribution in [0.25, 0.3) is 11.1 Å². The van der Waals surface area contributed by atoms with Crippen molar-refractivity contribution in [2.24, 2.45) is 0 Å². The number of carbonyl (C=O) groups excluding carboxylic acids is 1. The van der Waals surface area contributed by atoms with Gasteiger partial charge in [0.1, 0.15) is 0 Å². The van der Waals surface area contributed by atoms with E-state index in [9.17, 15) is 31.1 Å². The second-order valence-electron chi connectivity index (χ2n) is 8.32. The van der Waals surface area contributed by atoms with E-state index in [1.807, 2.05) is 12.1 Å². The molecule has 1 amide bonds. The molecule has 0 radical (unpaired) electrons. The summed E-state index contributed by atoms with van der Waals surface area (Å²) in [6, 6.07) is 9.61. The summed E-state index contributed by atoms with van der Waals surface area (Å²) in [7, 11) is 0. The molecule has 0 aliphatic carbocycles. The van der Waals surface area contributed by atoms with E-state index < -0.39 is 23.5 Å². The number of pyridine rings is 1. The van der Waals surface area contributed by atoms with Gasteiger partial charge in [0.25, 0.3) is 5.91 Å². The highest BCUT2D eigenvalue weighted by atomic mass is 79.9. The summed E-state index contributed by atoms with van der Waals surface area (Å²) in [6.45, 7) is 1.03. The Hall–Kier alpha value is -2.88. The molecule has 2 heterocycles. The van der Waals surface area contributed by atoms with E-state index in [1.54, 1.807) is 17.3 Å². The maximum atomic E-state index is 13.3. The van der Waals surface area contributed by atoms with Gasteiger partial charge in [0, 0.05) is 42.3 Å². The molecule has 1 aliphatic heterocycles. The number of nitrogens with zero attached hydrogens (tertiary/aromatic N) is 2. The minimum atomic E-state index is -4.94. The molecule has 4 rings (SSSR count). The summed E-state index contributed by atoms with van der Waals surface area (Å²) >= 11 is 3.25. The third-order valence-electron chi connectivity index (χ3n) is 6.03. The Kier molecular flexibility index (Phi) is 6.95. The normalized spacial score (nSPS) is 16.5. The van der Waals surface area contributed by atoms with Crippen LogP contribution in [0.1, 0.15) is 45.0 Å². The minimum Gasteiger partial charge on any atom is -0.338 e. The summed E-state index contributed by atoms with van der Waals surface area (Å²) in [5, 5.41) is 0.138. The number of likely N-dealkylation sites (tertiary alicyclic amines) is 1. The third-order valence-corrected chi connectivity index (χ3v) is 6.63. The lowest BCUT2D eigenvalue weighted by atomic mass is 9.94. The maximum Gasteiger partial charge on any atom is 0.416 e. The van der Waals surface area contributed by atoms with E-state index >= 15 is 0 Å². The number of alkyl halides is 7. The van der Waals surface area contributed by atoms with Gasteiger partial charge in [-0.05, 0) is 65.1 Å². The molecular weight excluding hydrogens is 538 g/mol. The molecule has 10 heteroatoms. The molecule has 0 N–H and O–H groups in total. The van der Waals surface area contributed by atoms with Gasteiger partial charge in [0.05, 0.1) is 11.1 Å². The first-order valence-electron chi connectivity index (χ1n) is 10.7. The van der Waals surface area contributed by atoms with Crippen LogP contribution in [-0.2, 0) is 17.7 Å². The standard InChI is InChI=1S/C25H19BrF6N2O/c26-12-19-8-15(23(35)34-7-5-17(14-34)16-2-1-6-33-13-16)3-4-22(19)18-9-20(24(27,28)29)11-21(10-18)25(30,31)32/h1-4,6,8-11,13,17H,5,7,12,14H2. The number of hydrogen-bond acceptors (Lipinski definition) is 2. The molecule has 184 valence electrons. The summed E-state index contributed by atoms with van der Waals surface area (Å²) in [6.07, 6.45) is -5.68. The van der Waals surface area contributed by atoms with Crippen LogP contribution in [0.5, 0.6) is 0 Å². The fourth-order valence-corrected chi connectivity index (χ4v) is 4.71. The first-order chi connectivity index (χ1) is 16.5. The predicted octanol–water partition coefficient (Wildman–Crippen LogP) is 7.31. The number of halogens is 7. The number of aromatic nitrogens is 1. The van der Waals surface area contributed by atoms with Crippen molar-refractivity contribution in [2.45, 2.75) is 30.0 Å². The van der Waals surface area contributed by atoms with Crippen molar-refractivity contribution in [1.82, 2.24) is 9.88 Å². The highest BCUT2D eigenvalue weighted by Gasteiger charge is 2.37. The first-order valence-corrected chi connectivity index (χ1v) is 11.8. The second-order valence-corrected chi connectivity index (χ2v) is 8.88. The molecule has 1 saturated heterocycles. The van der Waals surface area contributed by atoms with Crippen molar-refractivity contribution in [1.29, 1.82) is 0 Å². The van der Waals surface area contributed by atoms with Crippen LogP contribution in [0.3, 0.4) is 0 Å². The fraction of sp³-hybridized carbons (Fsp3) is 0.280. The summed E-state index contributed by atoms with van der Waals surface area (Å²) in [5.74, 6) is -0.0985. The van der Waals surface area contributed by atoms with Gasteiger partial charge in [-0.15, -0.1) is 0 Å². The van der Waals surface area contributed by atoms with Crippen molar-refractivity contribution < 1.29 is 31.1 Å². The Bertz CT molecular complexity index is 1190. The van der Waals surface area contributed by atoms with Crippen molar-refractivity contribution in [2.75, 3.05) is 13.1 Å². The average molecular weight is 557 g/mol. The van der Waals surface area contributed by atoms with Crippen molar-refractivity contribution in [3.63, 3.8) is 0 Å². The third kappa shape index (κ3) is 5.52. The summed E-state index contributed by atoms with van der Waals surface area (Å²) < 4.78 is 79.8. The quantitative estimate of drug-likeness (QED) is 0.249. The number of amides is 1. The molecule has 0 spiro atoms. The first kappa shape index (κ1) is 25.2. The van der Waals surface area contributed by atoms with E-state index in [2.05, 4.69) is 20.9 Å². The van der Waals surface area contributed by atoms with Gasteiger partial charge in [0.15, 0.2) is 0 Å². The van der Waals surface area contributed by atoms with Crippen LogP contribution in [-0.4, -0.2) is 28.9 Å². The number of benzene rings is 2. The smallest absolute Gasteiger partial charge is 0.338 e. The highest BCUT2D eigenvalue weighted by Crippen LogP contribution is 2.40. The fourth-order valence-electron chi connectivity index (χ4n) is 4.25. The SMILES string of the molecule is O=C(c1ccc(-c2cc(C(F)(F)F)cc(C(F)(F)F)c2)c(CBr)c1)N1CCC(c2cccnc2)C1. The van der Waals surface area contributed by atoms with E-state index in [0.29, 0.717) is 36.3 Å². The summed E-state index contributed by atoms with van der Waals surface area (Å²) in [4.78, 5) is 18.9. The molecule has 3 nitrogen and oxygen atoms in total. The molecule has 1 fully saturated rings. The largest absolute Gasteiger partial charge is 0.416 e. The molecule has 3 aromatic rings. The lowest BCUT2D eigenvalue weighted by Crippen LogP contribution is -2.28. The van der Waals surface area contributed by atoms with Gasteiger partial charge < -0.3 is 4.90 Å². The zero-order valence-corrected chi connectivity index (χ0v) is 19.7. The van der Waals surface area contributed by atoms with Gasteiger partial charge in [-0.2, -0.15) is 26.3 Å². The van der Waals surface area contributed by atoms with Crippen LogP contribution < -0.4 is 0 Å². The molecule has 1 atom stereocenters. The monoisotopic (exact) mass is 556 g/mol. The number of hydrogen-bond donors (Lipinski definition) is 0. The molecule has 0 bridgehead atoms. The Labute approximate surface area is 205 Å². The van der Waals surface area contributed by atoms with Gasteiger partial charge in [-0.25, -0.2) is 0 Å². The molecule has 1 aromatic heterocycles. The van der Waals surface area contributed by atoms with Crippen LogP contribution >= 0.6 is 15.9 Å². The van der Waals surface area contributed by atoms with E-state index in [0.717, 1.165) is 12.0 Å². The Morgan fingerprint density at radius 1 is 1.00 bits per heavy atom. The zero-order valence-electron chi connectivity index (χ0n) is 18.1. The van der Waals surface area contributed by atoms with E-state index in [1.165, 1.54) is 18.2 Å². The Morgan fingerprint density at radius 3 is 2.26 bits per heavy atom. The summed E-state index contributed by atoms with van der Waals surface area (Å²) in [5.41, 5.74) is -1.06. The average Bonchev–Trinajstić information content (AvgIpc) is 3.33. The highest BCUT2D eigenvalue weighted by molar-refractivity contribution is 9.08. The molecule has 0 saturated carbocycles. The maximum absolute atomic E-state index is 13.3. The van der Waals surface area contributed by atoms with Crippen molar-refractivity contribution >= 4 is 21.8 Å². The molecule has 35 heavy (non-hydrogen) atoms. The Balaban J connectivity index is 1.65. The van der Waals surface area contributed by atoms with Crippen LogP contribution in [0.2, 0.25) is 0 Å². The predicted molar refractivity (Wildman–Crippen MR) is 122 cm³/mol. The van der Waals surface area contributed by atoms with E-state index in [4.69, 9.17) is 0 Å². The molecular formula is C25H19BrF6N2O. The molecule has 2 aromatic carbocycles. The van der Waals surface area contributed by atoms with Crippen molar-refractivity contribution in [3.05, 3.63) is 88.7 Å². The van der Waals surface area contributed by atoms with Gasteiger partial charge in [-0.1, -0.05) is 28.1 Å². The van der Waals surface area contributed by atoms with Gasteiger partial charge in [0.2, 0.25) is 0 Å². The molecule has 1 unspecified atom stereocenters. The van der Waals surface area contributed by atoms with Gasteiger partial charge >= 0.3 is 12.4 Å². The minimum absolute atomic E-state index is 0.0985. The second kappa shape index (κ2) is 9.64. The van der Waals surface area contributed by atoms with Crippen LogP contribution in [0.4, 0.5) is 26.3 Å². The molecule has 1 aliphatic rings. The van der Waals surface area contributed by atoms with E-state index in [-0.39, 0.29) is 34.3 Å². The zero-order chi connectivity index (χ0) is 25.4. The van der Waals surface area contributed by atoms with Crippen LogP contribution in [0.15, 0.2) is 60.9 Å².